The van der Waals surface area contributed by atoms with Crippen LogP contribution < -0.4 is 10.6 Å². The van der Waals surface area contributed by atoms with Crippen LogP contribution in [0.2, 0.25) is 0 Å². The van der Waals surface area contributed by atoms with Crippen LogP contribution in [0.5, 0.6) is 0 Å². The van der Waals surface area contributed by atoms with Crippen LogP contribution in [-0.2, 0) is 28.2 Å². The van der Waals surface area contributed by atoms with Gasteiger partial charge in [0.25, 0.3) is 0 Å². The molecule has 0 rings (SSSR count). The van der Waals surface area contributed by atoms with Gasteiger partial charge in [0.15, 0.2) is 0 Å². The highest BCUT2D eigenvalue weighted by Crippen LogP contribution is 2.01. The first-order chi connectivity index (χ1) is 12.1. The SMILES string of the molecule is COCCCNCCCCOS(=O)(=O)OCCCCNCCCOC. The van der Waals surface area contributed by atoms with Crippen molar-refractivity contribution in [3.8, 4) is 0 Å². The van der Waals surface area contributed by atoms with Crippen LogP contribution in [0.25, 0.3) is 0 Å². The molecule has 8 nitrogen and oxygen atoms in total. The van der Waals surface area contributed by atoms with Gasteiger partial charge in [-0.2, -0.15) is 8.42 Å². The lowest BCUT2D eigenvalue weighted by Crippen LogP contribution is -2.19. The molecule has 0 aliphatic rings. The summed E-state index contributed by atoms with van der Waals surface area (Å²) in [5.41, 5.74) is 0. The molecule has 2 N–H and O–H groups in total. The highest BCUT2D eigenvalue weighted by Gasteiger charge is 2.10. The summed E-state index contributed by atoms with van der Waals surface area (Å²) in [5.74, 6) is 0. The standard InChI is InChI=1S/C16H36N2O6S/c1-21-13-7-11-17-9-3-5-15-23-25(19,20)24-16-6-4-10-18-12-8-14-22-2/h17-18H,3-16H2,1-2H3. The summed E-state index contributed by atoms with van der Waals surface area (Å²) in [5, 5.41) is 6.52. The molecule has 0 fully saturated rings. The average molecular weight is 385 g/mol. The van der Waals surface area contributed by atoms with E-state index in [4.69, 9.17) is 17.8 Å². The Morgan fingerprint density at radius 1 is 0.600 bits per heavy atom. The third kappa shape index (κ3) is 19.9. The molecule has 0 spiro atoms. The molecular weight excluding hydrogens is 348 g/mol. The molecule has 0 saturated carbocycles. The lowest BCUT2D eigenvalue weighted by molar-refractivity contribution is 0.193. The Morgan fingerprint density at radius 2 is 1.00 bits per heavy atom. The fraction of sp³-hybridized carbons (Fsp3) is 1.00. The van der Waals surface area contributed by atoms with Gasteiger partial charge >= 0.3 is 10.4 Å². The van der Waals surface area contributed by atoms with Gasteiger partial charge < -0.3 is 20.1 Å². The van der Waals surface area contributed by atoms with Crippen molar-refractivity contribution < 1.29 is 26.3 Å². The zero-order valence-electron chi connectivity index (χ0n) is 15.8. The minimum atomic E-state index is -3.86. The highest BCUT2D eigenvalue weighted by atomic mass is 32.3. The number of ether oxygens (including phenoxy) is 2. The number of unbranched alkanes of at least 4 members (excludes halogenated alkanes) is 2. The molecule has 0 atom stereocenters. The van der Waals surface area contributed by atoms with Gasteiger partial charge in [-0.1, -0.05) is 0 Å². The first kappa shape index (κ1) is 24.7. The Hall–Kier alpha value is -0.290. The molecule has 9 heteroatoms. The number of methoxy groups -OCH3 is 2. The summed E-state index contributed by atoms with van der Waals surface area (Å²) in [6, 6.07) is 0. The maximum Gasteiger partial charge on any atom is 0.399 e. The zero-order chi connectivity index (χ0) is 18.6. The predicted octanol–water partition coefficient (Wildman–Crippen LogP) is 1.08. The van der Waals surface area contributed by atoms with Gasteiger partial charge in [-0.05, 0) is 64.7 Å². The van der Waals surface area contributed by atoms with Crippen LogP contribution in [0.3, 0.4) is 0 Å². The summed E-state index contributed by atoms with van der Waals surface area (Å²) < 4.78 is 42.6. The minimum Gasteiger partial charge on any atom is -0.385 e. The Kier molecular flexibility index (Phi) is 18.3. The van der Waals surface area contributed by atoms with E-state index in [0.717, 1.165) is 65.1 Å². The molecule has 0 aliphatic heterocycles. The van der Waals surface area contributed by atoms with Gasteiger partial charge in [0.2, 0.25) is 0 Å². The predicted molar refractivity (Wildman–Crippen MR) is 98.0 cm³/mol. The summed E-state index contributed by atoms with van der Waals surface area (Å²) in [7, 11) is -0.501. The van der Waals surface area contributed by atoms with E-state index < -0.39 is 10.4 Å². The Balaban J connectivity index is 3.35. The minimum absolute atomic E-state index is 0.156. The highest BCUT2D eigenvalue weighted by molar-refractivity contribution is 7.81. The number of rotatable bonds is 20. The summed E-state index contributed by atoms with van der Waals surface area (Å²) in [4.78, 5) is 0. The Bertz CT molecular complexity index is 340. The lowest BCUT2D eigenvalue weighted by atomic mass is 10.3. The van der Waals surface area contributed by atoms with Crippen LogP contribution >= 0.6 is 0 Å². The quantitative estimate of drug-likeness (QED) is 0.301. The molecule has 0 heterocycles. The van der Waals surface area contributed by atoms with Crippen LogP contribution in [0.1, 0.15) is 38.5 Å². The van der Waals surface area contributed by atoms with Crippen molar-refractivity contribution in [2.75, 3.05) is 66.8 Å². The molecular formula is C16H36N2O6S. The summed E-state index contributed by atoms with van der Waals surface area (Å²) in [6.45, 7) is 5.28. The van der Waals surface area contributed by atoms with E-state index in [2.05, 4.69) is 10.6 Å². The van der Waals surface area contributed by atoms with E-state index in [1.54, 1.807) is 14.2 Å². The largest absolute Gasteiger partial charge is 0.399 e. The number of hydrogen-bond acceptors (Lipinski definition) is 8. The normalized spacial score (nSPS) is 11.9. The average Bonchev–Trinajstić information content (AvgIpc) is 2.59. The van der Waals surface area contributed by atoms with Crippen molar-refractivity contribution in [3.63, 3.8) is 0 Å². The molecule has 0 unspecified atom stereocenters. The van der Waals surface area contributed by atoms with Crippen molar-refractivity contribution >= 4 is 10.4 Å². The Morgan fingerprint density at radius 3 is 1.40 bits per heavy atom. The second-order valence-corrected chi connectivity index (χ2v) is 6.95. The van der Waals surface area contributed by atoms with Gasteiger partial charge in [-0.25, -0.2) is 8.37 Å². The van der Waals surface area contributed by atoms with Crippen molar-refractivity contribution in [2.24, 2.45) is 0 Å². The first-order valence-corrected chi connectivity index (χ1v) is 10.4. The molecule has 0 aromatic carbocycles. The van der Waals surface area contributed by atoms with E-state index in [0.29, 0.717) is 12.8 Å². The van der Waals surface area contributed by atoms with E-state index in [9.17, 15) is 8.42 Å². The second kappa shape index (κ2) is 18.5. The Labute approximate surface area is 153 Å². The third-order valence-electron chi connectivity index (χ3n) is 3.36. The van der Waals surface area contributed by atoms with Crippen LogP contribution in [0, 0.1) is 0 Å². The van der Waals surface area contributed by atoms with Gasteiger partial charge in [-0.15, -0.1) is 0 Å². The van der Waals surface area contributed by atoms with Gasteiger partial charge in [0.05, 0.1) is 13.2 Å². The van der Waals surface area contributed by atoms with Crippen LogP contribution in [-0.4, -0.2) is 75.2 Å². The lowest BCUT2D eigenvalue weighted by Gasteiger charge is -2.07. The molecule has 0 radical (unpaired) electrons. The van der Waals surface area contributed by atoms with E-state index in [-0.39, 0.29) is 13.2 Å². The monoisotopic (exact) mass is 384 g/mol. The smallest absolute Gasteiger partial charge is 0.385 e. The van der Waals surface area contributed by atoms with Crippen molar-refractivity contribution in [1.82, 2.24) is 10.6 Å². The molecule has 0 aromatic heterocycles. The molecule has 0 aliphatic carbocycles. The molecule has 0 saturated heterocycles. The van der Waals surface area contributed by atoms with Crippen LogP contribution in [0.4, 0.5) is 0 Å². The molecule has 152 valence electrons. The fourth-order valence-electron chi connectivity index (χ4n) is 1.99. The van der Waals surface area contributed by atoms with Crippen molar-refractivity contribution in [3.05, 3.63) is 0 Å². The maximum absolute atomic E-state index is 11.5. The summed E-state index contributed by atoms with van der Waals surface area (Å²) in [6.07, 6.45) is 5.00. The van der Waals surface area contributed by atoms with E-state index in [1.807, 2.05) is 0 Å². The first-order valence-electron chi connectivity index (χ1n) is 9.05. The fourth-order valence-corrected chi connectivity index (χ4v) is 2.71. The van der Waals surface area contributed by atoms with Gasteiger partial charge in [0, 0.05) is 27.4 Å². The summed E-state index contributed by atoms with van der Waals surface area (Å²) >= 11 is 0. The zero-order valence-corrected chi connectivity index (χ0v) is 16.6. The topological polar surface area (TPSA) is 95.1 Å². The van der Waals surface area contributed by atoms with Crippen molar-refractivity contribution in [2.45, 2.75) is 38.5 Å². The van der Waals surface area contributed by atoms with E-state index >= 15 is 0 Å². The van der Waals surface area contributed by atoms with Gasteiger partial charge in [0.1, 0.15) is 0 Å². The molecule has 0 amide bonds. The van der Waals surface area contributed by atoms with Crippen LogP contribution in [0.15, 0.2) is 0 Å². The molecule has 25 heavy (non-hydrogen) atoms. The van der Waals surface area contributed by atoms with Crippen molar-refractivity contribution in [1.29, 1.82) is 0 Å². The second-order valence-electron chi connectivity index (χ2n) is 5.66. The van der Waals surface area contributed by atoms with Gasteiger partial charge in [-0.3, -0.25) is 0 Å². The molecule has 0 aromatic rings. The third-order valence-corrected chi connectivity index (χ3v) is 4.27. The molecule has 0 bridgehead atoms. The number of hydrogen-bond donors (Lipinski definition) is 2. The number of nitrogens with one attached hydrogen (secondary N) is 2. The maximum atomic E-state index is 11.5. The van der Waals surface area contributed by atoms with E-state index in [1.165, 1.54) is 0 Å².